The number of methoxy groups -OCH3 is 2. The van der Waals surface area contributed by atoms with Crippen molar-refractivity contribution >= 4 is 37.5 Å². The molecule has 2 aromatic rings. The topological polar surface area (TPSA) is 50.7 Å². The summed E-state index contributed by atoms with van der Waals surface area (Å²) in [5.41, 5.74) is 1.63. The Bertz CT molecular complexity index is 647. The number of hydrogen-bond acceptors (Lipinski definition) is 4. The summed E-state index contributed by atoms with van der Waals surface area (Å²) >= 11 is 6.92. The van der Waals surface area contributed by atoms with Gasteiger partial charge in [-0.2, -0.15) is 0 Å². The molecule has 0 unspecified atom stereocenters. The van der Waals surface area contributed by atoms with Gasteiger partial charge >= 0.3 is 0 Å². The van der Waals surface area contributed by atoms with Gasteiger partial charge in [0.1, 0.15) is 17.2 Å². The predicted octanol–water partition coefficient (Wildman–Crippen LogP) is 4.55. The molecule has 21 heavy (non-hydrogen) atoms. The molecule has 6 heteroatoms. The number of rotatable bonds is 5. The van der Waals surface area contributed by atoms with Gasteiger partial charge in [-0.05, 0) is 56.1 Å². The number of anilines is 1. The minimum absolute atomic E-state index is 0.225. The first-order chi connectivity index (χ1) is 10.0. The van der Waals surface area contributed by atoms with E-state index in [1.807, 2.05) is 12.1 Å². The van der Waals surface area contributed by atoms with Gasteiger partial charge in [-0.25, -0.2) is 0 Å². The van der Waals surface area contributed by atoms with Crippen molar-refractivity contribution in [2.75, 3.05) is 19.5 Å². The molecule has 2 aromatic carbocycles. The second-order valence-corrected chi connectivity index (χ2v) is 6.02. The minimum atomic E-state index is 0.225. The number of phenols is 1. The Balaban J connectivity index is 2.20. The minimum Gasteiger partial charge on any atom is -0.508 e. The zero-order chi connectivity index (χ0) is 15.4. The van der Waals surface area contributed by atoms with Crippen molar-refractivity contribution in [3.05, 3.63) is 44.8 Å². The van der Waals surface area contributed by atoms with Crippen LogP contribution in [0.15, 0.2) is 39.3 Å². The van der Waals surface area contributed by atoms with Gasteiger partial charge in [-0.1, -0.05) is 0 Å². The van der Waals surface area contributed by atoms with Crippen LogP contribution in [0.4, 0.5) is 5.69 Å². The molecule has 0 aliphatic carbocycles. The summed E-state index contributed by atoms with van der Waals surface area (Å²) in [5, 5.41) is 13.1. The molecular weight excluding hydrogens is 402 g/mol. The molecule has 0 aliphatic heterocycles. The Labute approximate surface area is 140 Å². The summed E-state index contributed by atoms with van der Waals surface area (Å²) in [4.78, 5) is 0. The summed E-state index contributed by atoms with van der Waals surface area (Å²) in [6.07, 6.45) is 0. The van der Waals surface area contributed by atoms with Crippen molar-refractivity contribution in [2.45, 2.75) is 6.54 Å². The Morgan fingerprint density at radius 2 is 1.81 bits per heavy atom. The molecule has 0 saturated heterocycles. The Morgan fingerprint density at radius 3 is 2.48 bits per heavy atom. The molecule has 4 nitrogen and oxygen atoms in total. The van der Waals surface area contributed by atoms with E-state index in [2.05, 4.69) is 37.2 Å². The van der Waals surface area contributed by atoms with Crippen molar-refractivity contribution in [3.63, 3.8) is 0 Å². The fourth-order valence-electron chi connectivity index (χ4n) is 1.84. The molecule has 2 rings (SSSR count). The van der Waals surface area contributed by atoms with Crippen molar-refractivity contribution in [1.29, 1.82) is 0 Å². The highest BCUT2D eigenvalue weighted by Crippen LogP contribution is 2.35. The first-order valence-electron chi connectivity index (χ1n) is 6.18. The number of hydrogen-bond donors (Lipinski definition) is 2. The lowest BCUT2D eigenvalue weighted by atomic mass is 10.2. The average Bonchev–Trinajstić information content (AvgIpc) is 2.48. The predicted molar refractivity (Wildman–Crippen MR) is 90.4 cm³/mol. The van der Waals surface area contributed by atoms with Crippen LogP contribution in [0.2, 0.25) is 0 Å². The molecule has 0 bridgehead atoms. The summed E-state index contributed by atoms with van der Waals surface area (Å²) in [7, 11) is 3.21. The molecule has 2 N–H and O–H groups in total. The van der Waals surface area contributed by atoms with Gasteiger partial charge in [-0.3, -0.25) is 0 Å². The summed E-state index contributed by atoms with van der Waals surface area (Å²) in [6.45, 7) is 0.465. The summed E-state index contributed by atoms with van der Waals surface area (Å²) in [5.74, 6) is 1.66. The van der Waals surface area contributed by atoms with Crippen molar-refractivity contribution < 1.29 is 14.6 Å². The summed E-state index contributed by atoms with van der Waals surface area (Å²) in [6, 6.07) is 8.93. The van der Waals surface area contributed by atoms with Crippen LogP contribution < -0.4 is 14.8 Å². The Hall–Kier alpha value is -1.40. The van der Waals surface area contributed by atoms with Gasteiger partial charge in [-0.15, -0.1) is 0 Å². The molecule has 0 heterocycles. The van der Waals surface area contributed by atoms with Crippen LogP contribution in [-0.2, 0) is 6.54 Å². The molecule has 112 valence electrons. The molecule has 0 aromatic heterocycles. The van der Waals surface area contributed by atoms with Crippen LogP contribution in [0.3, 0.4) is 0 Å². The van der Waals surface area contributed by atoms with Gasteiger partial charge in [0.05, 0.1) is 24.4 Å². The number of ether oxygens (including phenoxy) is 2. The van der Waals surface area contributed by atoms with E-state index in [-0.39, 0.29) is 5.75 Å². The largest absolute Gasteiger partial charge is 0.508 e. The van der Waals surface area contributed by atoms with E-state index < -0.39 is 0 Å². The monoisotopic (exact) mass is 415 g/mol. The Morgan fingerprint density at radius 1 is 1.05 bits per heavy atom. The van der Waals surface area contributed by atoms with Gasteiger partial charge in [0, 0.05) is 22.6 Å². The third kappa shape index (κ3) is 3.83. The fraction of sp³-hybridized carbons (Fsp3) is 0.200. The highest BCUT2D eigenvalue weighted by atomic mass is 79.9. The second kappa shape index (κ2) is 7.04. The highest BCUT2D eigenvalue weighted by molar-refractivity contribution is 9.11. The lowest BCUT2D eigenvalue weighted by Gasteiger charge is -2.13. The summed E-state index contributed by atoms with van der Waals surface area (Å²) < 4.78 is 12.2. The highest BCUT2D eigenvalue weighted by Gasteiger charge is 2.09. The second-order valence-electron chi connectivity index (χ2n) is 4.31. The fourth-order valence-corrected chi connectivity index (χ4v) is 3.14. The van der Waals surface area contributed by atoms with Crippen LogP contribution in [-0.4, -0.2) is 19.3 Å². The molecule has 0 radical (unpaired) electrons. The zero-order valence-electron chi connectivity index (χ0n) is 11.6. The van der Waals surface area contributed by atoms with Crippen LogP contribution in [0.25, 0.3) is 0 Å². The third-order valence-corrected chi connectivity index (χ3v) is 4.27. The lowest BCUT2D eigenvalue weighted by Crippen LogP contribution is -2.01. The van der Waals surface area contributed by atoms with Crippen LogP contribution in [0, 0.1) is 0 Å². The molecule has 0 saturated carbocycles. The molecule has 0 fully saturated rings. The van der Waals surface area contributed by atoms with Gasteiger partial charge in [0.25, 0.3) is 0 Å². The maximum absolute atomic E-state index is 9.88. The van der Waals surface area contributed by atoms with Crippen molar-refractivity contribution in [3.8, 4) is 17.2 Å². The number of aromatic hydroxyl groups is 1. The van der Waals surface area contributed by atoms with Crippen LogP contribution >= 0.6 is 31.9 Å². The van der Waals surface area contributed by atoms with Gasteiger partial charge in [0.15, 0.2) is 0 Å². The first-order valence-corrected chi connectivity index (χ1v) is 7.76. The van der Waals surface area contributed by atoms with E-state index in [0.717, 1.165) is 25.9 Å². The van der Waals surface area contributed by atoms with Gasteiger partial charge in [0.2, 0.25) is 0 Å². The SMILES string of the molecule is COc1ccc(O)c(CNc2cc(OC)c(Br)cc2Br)c1. The van der Waals surface area contributed by atoms with Crippen molar-refractivity contribution in [2.24, 2.45) is 0 Å². The molecule has 0 atom stereocenters. The van der Waals surface area contributed by atoms with E-state index in [1.54, 1.807) is 32.4 Å². The molecule has 0 spiro atoms. The zero-order valence-corrected chi connectivity index (χ0v) is 14.8. The maximum Gasteiger partial charge on any atom is 0.135 e. The lowest BCUT2D eigenvalue weighted by molar-refractivity contribution is 0.411. The Kier molecular flexibility index (Phi) is 5.36. The number of phenolic OH excluding ortho intramolecular Hbond substituents is 1. The average molecular weight is 417 g/mol. The number of benzene rings is 2. The number of halogens is 2. The van der Waals surface area contributed by atoms with Crippen LogP contribution in [0.5, 0.6) is 17.2 Å². The quantitative estimate of drug-likeness (QED) is 0.750. The van der Waals surface area contributed by atoms with E-state index in [9.17, 15) is 5.11 Å². The van der Waals surface area contributed by atoms with Crippen molar-refractivity contribution in [1.82, 2.24) is 0 Å². The van der Waals surface area contributed by atoms with E-state index in [0.29, 0.717) is 12.3 Å². The first kappa shape index (κ1) is 16.0. The van der Waals surface area contributed by atoms with E-state index >= 15 is 0 Å². The smallest absolute Gasteiger partial charge is 0.135 e. The molecule has 0 amide bonds. The normalized spacial score (nSPS) is 10.3. The number of nitrogens with one attached hydrogen (secondary N) is 1. The molecule has 0 aliphatic rings. The van der Waals surface area contributed by atoms with E-state index in [4.69, 9.17) is 9.47 Å². The van der Waals surface area contributed by atoms with E-state index in [1.165, 1.54) is 0 Å². The maximum atomic E-state index is 9.88. The standard InChI is InChI=1S/C15H15Br2NO3/c1-20-10-3-4-14(19)9(5-10)8-18-13-7-15(21-2)12(17)6-11(13)16/h3-7,18-19H,8H2,1-2H3. The van der Waals surface area contributed by atoms with Crippen LogP contribution in [0.1, 0.15) is 5.56 Å². The molecular formula is C15H15Br2NO3. The third-order valence-electron chi connectivity index (χ3n) is 3.00. The van der Waals surface area contributed by atoms with Gasteiger partial charge < -0.3 is 19.9 Å².